The number of nitrogens with zero attached hydrogens (tertiary/aromatic N) is 2. The first-order valence-corrected chi connectivity index (χ1v) is 7.86. The minimum atomic E-state index is -0.268. The van der Waals surface area contributed by atoms with Crippen molar-refractivity contribution in [1.29, 1.82) is 0 Å². The minimum Gasteiger partial charge on any atom is -0.367 e. The van der Waals surface area contributed by atoms with Gasteiger partial charge < -0.3 is 10.6 Å². The molecule has 0 bridgehead atoms. The Kier molecular flexibility index (Phi) is 4.63. The smallest absolute Gasteiger partial charge is 0.161 e. The minimum absolute atomic E-state index is 0.268. The van der Waals surface area contributed by atoms with E-state index in [4.69, 9.17) is 0 Å². The van der Waals surface area contributed by atoms with Crippen LogP contribution in [0.4, 0.5) is 10.2 Å². The molecule has 3 rings (SSSR count). The number of aryl methyl sites for hydroxylation is 1. The second kappa shape index (κ2) is 6.83. The van der Waals surface area contributed by atoms with Gasteiger partial charge in [-0.1, -0.05) is 19.1 Å². The van der Waals surface area contributed by atoms with Crippen LogP contribution in [0.15, 0.2) is 30.3 Å². The summed E-state index contributed by atoms with van der Waals surface area (Å²) in [7, 11) is 0. The third kappa shape index (κ3) is 3.60. The highest BCUT2D eigenvalue weighted by Crippen LogP contribution is 2.20. The summed E-state index contributed by atoms with van der Waals surface area (Å²) >= 11 is 0. The Morgan fingerprint density at radius 3 is 2.77 bits per heavy atom. The summed E-state index contributed by atoms with van der Waals surface area (Å²) in [4.78, 5) is 9.10. The van der Waals surface area contributed by atoms with E-state index in [2.05, 4.69) is 27.5 Å². The molecule has 1 fully saturated rings. The van der Waals surface area contributed by atoms with Gasteiger partial charge in [0.05, 0.1) is 0 Å². The third-order valence-corrected chi connectivity index (χ3v) is 3.92. The molecule has 2 aromatic rings. The van der Waals surface area contributed by atoms with Crippen molar-refractivity contribution in [3.05, 3.63) is 41.8 Å². The van der Waals surface area contributed by atoms with Crippen molar-refractivity contribution in [1.82, 2.24) is 15.3 Å². The third-order valence-electron chi connectivity index (χ3n) is 3.92. The zero-order valence-electron chi connectivity index (χ0n) is 12.8. The van der Waals surface area contributed by atoms with Gasteiger partial charge in [0.2, 0.25) is 0 Å². The van der Waals surface area contributed by atoms with Gasteiger partial charge in [0.25, 0.3) is 0 Å². The number of aromatic nitrogens is 2. The van der Waals surface area contributed by atoms with Crippen molar-refractivity contribution in [3.63, 3.8) is 0 Å². The van der Waals surface area contributed by atoms with Crippen molar-refractivity contribution in [2.75, 3.05) is 18.4 Å². The van der Waals surface area contributed by atoms with Crippen LogP contribution in [-0.2, 0) is 6.42 Å². The van der Waals surface area contributed by atoms with Gasteiger partial charge >= 0.3 is 0 Å². The van der Waals surface area contributed by atoms with E-state index >= 15 is 0 Å². The molecule has 1 aliphatic rings. The lowest BCUT2D eigenvalue weighted by atomic mass is 10.1. The topological polar surface area (TPSA) is 49.8 Å². The van der Waals surface area contributed by atoms with E-state index in [-0.39, 0.29) is 5.82 Å². The van der Waals surface area contributed by atoms with E-state index in [9.17, 15) is 4.39 Å². The number of hydrogen-bond donors (Lipinski definition) is 2. The molecular weight excluding hydrogens is 279 g/mol. The number of piperidine rings is 1. The first-order valence-electron chi connectivity index (χ1n) is 7.86. The van der Waals surface area contributed by atoms with Gasteiger partial charge in [-0.15, -0.1) is 0 Å². The number of nitrogens with one attached hydrogen (secondary N) is 2. The zero-order chi connectivity index (χ0) is 15.4. The van der Waals surface area contributed by atoms with E-state index in [0.29, 0.717) is 17.4 Å². The first kappa shape index (κ1) is 14.9. The van der Waals surface area contributed by atoms with Crippen LogP contribution < -0.4 is 10.6 Å². The number of anilines is 1. The first-order chi connectivity index (χ1) is 10.7. The largest absolute Gasteiger partial charge is 0.367 e. The maximum atomic E-state index is 13.4. The van der Waals surface area contributed by atoms with E-state index in [1.54, 1.807) is 6.07 Å². The molecule has 4 nitrogen and oxygen atoms in total. The van der Waals surface area contributed by atoms with Gasteiger partial charge in [-0.25, -0.2) is 14.4 Å². The molecule has 5 heteroatoms. The average Bonchev–Trinajstić information content (AvgIpc) is 2.55. The van der Waals surface area contributed by atoms with Crippen LogP contribution >= 0.6 is 0 Å². The second-order valence-corrected chi connectivity index (χ2v) is 5.60. The molecule has 0 radical (unpaired) electrons. The maximum absolute atomic E-state index is 13.4. The molecule has 22 heavy (non-hydrogen) atoms. The van der Waals surface area contributed by atoms with Crippen molar-refractivity contribution in [2.45, 2.75) is 32.2 Å². The van der Waals surface area contributed by atoms with E-state index in [1.165, 1.54) is 12.1 Å². The molecule has 2 heterocycles. The van der Waals surface area contributed by atoms with Crippen LogP contribution in [0.5, 0.6) is 0 Å². The number of halogens is 1. The van der Waals surface area contributed by atoms with Gasteiger partial charge in [0, 0.05) is 23.4 Å². The quantitative estimate of drug-likeness (QED) is 0.911. The monoisotopic (exact) mass is 300 g/mol. The summed E-state index contributed by atoms with van der Waals surface area (Å²) in [5.41, 5.74) is 1.68. The molecule has 1 aromatic heterocycles. The fourth-order valence-electron chi connectivity index (χ4n) is 2.68. The van der Waals surface area contributed by atoms with Gasteiger partial charge in [-0.2, -0.15) is 0 Å². The molecule has 116 valence electrons. The fourth-order valence-corrected chi connectivity index (χ4v) is 2.68. The lowest BCUT2D eigenvalue weighted by molar-refractivity contribution is 0.478. The normalized spacial score (nSPS) is 15.7. The van der Waals surface area contributed by atoms with Crippen molar-refractivity contribution < 1.29 is 4.39 Å². The van der Waals surface area contributed by atoms with Crippen molar-refractivity contribution in [3.8, 4) is 11.4 Å². The zero-order valence-corrected chi connectivity index (χ0v) is 12.8. The highest BCUT2D eigenvalue weighted by atomic mass is 19.1. The summed E-state index contributed by atoms with van der Waals surface area (Å²) < 4.78 is 13.4. The molecule has 0 amide bonds. The summed E-state index contributed by atoms with van der Waals surface area (Å²) in [6, 6.07) is 8.86. The molecule has 0 unspecified atom stereocenters. The molecule has 1 aromatic carbocycles. The Labute approximate surface area is 130 Å². The van der Waals surface area contributed by atoms with E-state index in [0.717, 1.165) is 43.9 Å². The molecule has 0 spiro atoms. The van der Waals surface area contributed by atoms with Gasteiger partial charge in [-0.3, -0.25) is 0 Å². The summed E-state index contributed by atoms with van der Waals surface area (Å²) in [5.74, 6) is 1.14. The molecule has 0 saturated carbocycles. The Morgan fingerprint density at radius 1 is 1.23 bits per heavy atom. The van der Waals surface area contributed by atoms with Crippen molar-refractivity contribution >= 4 is 5.82 Å². The second-order valence-electron chi connectivity index (χ2n) is 5.60. The molecule has 1 saturated heterocycles. The van der Waals surface area contributed by atoms with E-state index in [1.807, 2.05) is 12.1 Å². The van der Waals surface area contributed by atoms with Crippen LogP contribution in [0.2, 0.25) is 0 Å². The lowest BCUT2D eigenvalue weighted by Gasteiger charge is -2.24. The highest BCUT2D eigenvalue weighted by Gasteiger charge is 2.14. The molecular formula is C17H21FN4. The SMILES string of the molecule is CCc1cc(NC2CCNCC2)nc(-c2cccc(F)c2)n1. The molecule has 2 N–H and O–H groups in total. The standard InChI is InChI=1S/C17H21FN4/c1-2-14-11-16(20-15-6-8-19-9-7-15)22-17(21-14)12-4-3-5-13(18)10-12/h3-5,10-11,15,19H,2,6-9H2,1H3,(H,20,21,22). The average molecular weight is 300 g/mol. The predicted octanol–water partition coefficient (Wildman–Crippen LogP) is 3.01. The Bertz CT molecular complexity index is 638. The number of rotatable bonds is 4. The van der Waals surface area contributed by atoms with Gasteiger partial charge in [0.15, 0.2) is 5.82 Å². The number of hydrogen-bond acceptors (Lipinski definition) is 4. The lowest BCUT2D eigenvalue weighted by Crippen LogP contribution is -2.35. The molecule has 0 aliphatic carbocycles. The van der Waals surface area contributed by atoms with Crippen LogP contribution in [0, 0.1) is 5.82 Å². The molecule has 0 atom stereocenters. The summed E-state index contributed by atoms with van der Waals surface area (Å²) in [6.07, 6.45) is 2.99. The predicted molar refractivity (Wildman–Crippen MR) is 86.3 cm³/mol. The van der Waals surface area contributed by atoms with Gasteiger partial charge in [-0.05, 0) is 44.5 Å². The fraction of sp³-hybridized carbons (Fsp3) is 0.412. The summed E-state index contributed by atoms with van der Waals surface area (Å²) in [5, 5.41) is 6.85. The Morgan fingerprint density at radius 2 is 2.05 bits per heavy atom. The van der Waals surface area contributed by atoms with E-state index < -0.39 is 0 Å². The van der Waals surface area contributed by atoms with Gasteiger partial charge in [0.1, 0.15) is 11.6 Å². The number of benzene rings is 1. The Hall–Kier alpha value is -2.01. The van der Waals surface area contributed by atoms with Crippen LogP contribution in [0.3, 0.4) is 0 Å². The van der Waals surface area contributed by atoms with Crippen LogP contribution in [-0.4, -0.2) is 29.1 Å². The van der Waals surface area contributed by atoms with Crippen molar-refractivity contribution in [2.24, 2.45) is 0 Å². The maximum Gasteiger partial charge on any atom is 0.161 e. The van der Waals surface area contributed by atoms with Crippen LogP contribution in [0.1, 0.15) is 25.5 Å². The highest BCUT2D eigenvalue weighted by molar-refractivity contribution is 5.57. The Balaban J connectivity index is 1.88. The summed E-state index contributed by atoms with van der Waals surface area (Å²) in [6.45, 7) is 4.12. The van der Waals surface area contributed by atoms with Crippen LogP contribution in [0.25, 0.3) is 11.4 Å². The molecule has 1 aliphatic heterocycles.